The highest BCUT2D eigenvalue weighted by atomic mass is 19.1. The van der Waals surface area contributed by atoms with Gasteiger partial charge in [-0.2, -0.15) is 0 Å². The van der Waals surface area contributed by atoms with Crippen LogP contribution in [0.2, 0.25) is 0 Å². The number of ketones is 1. The van der Waals surface area contributed by atoms with Crippen LogP contribution in [0.5, 0.6) is 0 Å². The Kier molecular flexibility index (Phi) is 6.38. The van der Waals surface area contributed by atoms with Gasteiger partial charge in [0.25, 0.3) is 0 Å². The summed E-state index contributed by atoms with van der Waals surface area (Å²) >= 11 is 0. The Balaban J connectivity index is 3.09. The normalized spacial score (nSPS) is 15.7. The van der Waals surface area contributed by atoms with Crippen LogP contribution in [0.1, 0.15) is 64.0 Å². The van der Waals surface area contributed by atoms with E-state index in [4.69, 9.17) is 0 Å². The predicted molar refractivity (Wildman–Crippen MR) is 82.4 cm³/mol. The number of carbonyl (C=O) groups excluding carboxylic acids is 1. The number of carbonyl (C=O) groups is 1. The summed E-state index contributed by atoms with van der Waals surface area (Å²) in [4.78, 5) is 12.0. The molecule has 0 aliphatic carbocycles. The lowest BCUT2D eigenvalue weighted by molar-refractivity contribution is -0.122. The summed E-state index contributed by atoms with van der Waals surface area (Å²) in [7, 11) is 0. The first kappa shape index (κ1) is 16.9. The number of hydrogen-bond acceptors (Lipinski definition) is 1. The van der Waals surface area contributed by atoms with E-state index in [0.717, 1.165) is 24.8 Å². The topological polar surface area (TPSA) is 17.1 Å². The van der Waals surface area contributed by atoms with E-state index in [0.29, 0.717) is 11.5 Å². The SMILES string of the molecule is CCC(C)CC(C(C)=O)[C@@H](CC)c1ccc(C)cc1F. The summed E-state index contributed by atoms with van der Waals surface area (Å²) in [6, 6.07) is 5.35. The highest BCUT2D eigenvalue weighted by Crippen LogP contribution is 2.35. The van der Waals surface area contributed by atoms with Crippen molar-refractivity contribution in [3.05, 3.63) is 35.1 Å². The maximum absolute atomic E-state index is 14.2. The zero-order chi connectivity index (χ0) is 15.3. The maximum Gasteiger partial charge on any atom is 0.133 e. The lowest BCUT2D eigenvalue weighted by Crippen LogP contribution is -2.23. The summed E-state index contributed by atoms with van der Waals surface area (Å²) in [6.07, 6.45) is 2.69. The molecule has 1 nitrogen and oxygen atoms in total. The number of benzene rings is 1. The van der Waals surface area contributed by atoms with Gasteiger partial charge in [-0.15, -0.1) is 0 Å². The molecule has 0 heterocycles. The number of Topliss-reactive ketones (excluding diaryl/α,β-unsaturated/α-hetero) is 1. The van der Waals surface area contributed by atoms with E-state index in [-0.39, 0.29) is 23.4 Å². The van der Waals surface area contributed by atoms with Gasteiger partial charge in [-0.25, -0.2) is 4.39 Å². The van der Waals surface area contributed by atoms with E-state index < -0.39 is 0 Å². The number of hydrogen-bond donors (Lipinski definition) is 0. The molecule has 0 aromatic heterocycles. The summed E-state index contributed by atoms with van der Waals surface area (Å²) in [5, 5.41) is 0. The second-order valence-corrected chi connectivity index (χ2v) is 6.01. The second-order valence-electron chi connectivity index (χ2n) is 6.01. The first-order valence-corrected chi connectivity index (χ1v) is 7.67. The Labute approximate surface area is 122 Å². The fraction of sp³-hybridized carbons (Fsp3) is 0.611. The first-order valence-electron chi connectivity index (χ1n) is 7.67. The van der Waals surface area contributed by atoms with Crippen LogP contribution in [0.15, 0.2) is 18.2 Å². The number of halogens is 1. The first-order chi connectivity index (χ1) is 9.40. The summed E-state index contributed by atoms with van der Waals surface area (Å²) < 4.78 is 14.2. The Morgan fingerprint density at radius 1 is 1.25 bits per heavy atom. The van der Waals surface area contributed by atoms with Gasteiger partial charge < -0.3 is 0 Å². The molecule has 0 saturated carbocycles. The van der Waals surface area contributed by atoms with Crippen LogP contribution in [0.3, 0.4) is 0 Å². The predicted octanol–water partition coefficient (Wildman–Crippen LogP) is 5.27. The van der Waals surface area contributed by atoms with Crippen molar-refractivity contribution in [1.82, 2.24) is 0 Å². The highest BCUT2D eigenvalue weighted by Gasteiger charge is 2.28. The molecule has 2 unspecified atom stereocenters. The van der Waals surface area contributed by atoms with E-state index in [1.54, 1.807) is 13.0 Å². The molecule has 0 radical (unpaired) electrons. The fourth-order valence-corrected chi connectivity index (χ4v) is 2.87. The zero-order valence-electron chi connectivity index (χ0n) is 13.4. The quantitative estimate of drug-likeness (QED) is 0.664. The van der Waals surface area contributed by atoms with Crippen LogP contribution in [0.25, 0.3) is 0 Å². The third-order valence-corrected chi connectivity index (χ3v) is 4.36. The van der Waals surface area contributed by atoms with Crippen molar-refractivity contribution in [2.75, 3.05) is 0 Å². The van der Waals surface area contributed by atoms with Gasteiger partial charge in [0.05, 0.1) is 0 Å². The average molecular weight is 278 g/mol. The Bertz CT molecular complexity index is 453. The summed E-state index contributed by atoms with van der Waals surface area (Å²) in [5.74, 6) is 0.407. The Morgan fingerprint density at radius 3 is 2.35 bits per heavy atom. The fourth-order valence-electron chi connectivity index (χ4n) is 2.87. The smallest absolute Gasteiger partial charge is 0.133 e. The van der Waals surface area contributed by atoms with Crippen LogP contribution in [0, 0.1) is 24.6 Å². The Morgan fingerprint density at radius 2 is 1.90 bits per heavy atom. The summed E-state index contributed by atoms with van der Waals surface area (Å²) in [5.41, 5.74) is 1.61. The Hall–Kier alpha value is -1.18. The molecular formula is C18H27FO. The van der Waals surface area contributed by atoms with Crippen LogP contribution in [0.4, 0.5) is 4.39 Å². The van der Waals surface area contributed by atoms with Crippen molar-refractivity contribution >= 4 is 5.78 Å². The molecule has 0 fully saturated rings. The lowest BCUT2D eigenvalue weighted by Gasteiger charge is -2.27. The van der Waals surface area contributed by atoms with Gasteiger partial charge in [-0.05, 0) is 55.7 Å². The summed E-state index contributed by atoms with van der Waals surface area (Å²) in [6.45, 7) is 9.86. The van der Waals surface area contributed by atoms with Crippen LogP contribution >= 0.6 is 0 Å². The molecule has 2 heteroatoms. The van der Waals surface area contributed by atoms with Gasteiger partial charge in [-0.3, -0.25) is 4.79 Å². The standard InChI is InChI=1S/C18H27FO/c1-6-12(3)10-17(14(5)20)15(7-2)16-9-8-13(4)11-18(16)19/h8-9,11-12,15,17H,6-7,10H2,1-5H3/t12?,15-,17?/m0/s1. The molecule has 1 rings (SSSR count). The van der Waals surface area contributed by atoms with Crippen molar-refractivity contribution < 1.29 is 9.18 Å². The molecule has 0 bridgehead atoms. The molecule has 3 atom stereocenters. The monoisotopic (exact) mass is 278 g/mol. The van der Waals surface area contributed by atoms with E-state index >= 15 is 0 Å². The second kappa shape index (κ2) is 7.56. The third-order valence-electron chi connectivity index (χ3n) is 4.36. The highest BCUT2D eigenvalue weighted by molar-refractivity contribution is 5.79. The van der Waals surface area contributed by atoms with Gasteiger partial charge in [-0.1, -0.05) is 39.3 Å². The molecule has 0 saturated heterocycles. The van der Waals surface area contributed by atoms with Gasteiger partial charge in [0.15, 0.2) is 0 Å². The van der Waals surface area contributed by atoms with Crippen molar-refractivity contribution in [2.45, 2.75) is 59.8 Å². The van der Waals surface area contributed by atoms with Crippen molar-refractivity contribution in [2.24, 2.45) is 11.8 Å². The number of aryl methyl sites for hydroxylation is 1. The van der Waals surface area contributed by atoms with Crippen LogP contribution in [-0.2, 0) is 4.79 Å². The van der Waals surface area contributed by atoms with Gasteiger partial charge in [0.1, 0.15) is 11.6 Å². The molecule has 0 aliphatic heterocycles. The molecule has 20 heavy (non-hydrogen) atoms. The molecule has 0 aliphatic rings. The van der Waals surface area contributed by atoms with Crippen molar-refractivity contribution in [3.63, 3.8) is 0 Å². The van der Waals surface area contributed by atoms with Gasteiger partial charge in [0, 0.05) is 5.92 Å². The third kappa shape index (κ3) is 4.16. The molecule has 0 amide bonds. The molecule has 1 aromatic rings. The lowest BCUT2D eigenvalue weighted by atomic mass is 9.76. The average Bonchev–Trinajstić information content (AvgIpc) is 2.39. The van der Waals surface area contributed by atoms with E-state index in [1.807, 2.05) is 26.0 Å². The molecule has 0 spiro atoms. The van der Waals surface area contributed by atoms with Crippen molar-refractivity contribution in [3.8, 4) is 0 Å². The minimum absolute atomic E-state index is 0.0119. The van der Waals surface area contributed by atoms with E-state index in [2.05, 4.69) is 13.8 Å². The van der Waals surface area contributed by atoms with E-state index in [9.17, 15) is 9.18 Å². The minimum Gasteiger partial charge on any atom is -0.300 e. The van der Waals surface area contributed by atoms with Gasteiger partial charge >= 0.3 is 0 Å². The molecule has 112 valence electrons. The molecule has 0 N–H and O–H groups in total. The molecule has 1 aromatic carbocycles. The maximum atomic E-state index is 14.2. The zero-order valence-corrected chi connectivity index (χ0v) is 13.4. The largest absolute Gasteiger partial charge is 0.300 e. The number of rotatable bonds is 7. The van der Waals surface area contributed by atoms with Gasteiger partial charge in [0.2, 0.25) is 0 Å². The minimum atomic E-state index is -0.174. The van der Waals surface area contributed by atoms with E-state index in [1.165, 1.54) is 0 Å². The molecular weight excluding hydrogens is 251 g/mol. The van der Waals surface area contributed by atoms with Crippen molar-refractivity contribution in [1.29, 1.82) is 0 Å². The van der Waals surface area contributed by atoms with Crippen LogP contribution < -0.4 is 0 Å². The van der Waals surface area contributed by atoms with Crippen LogP contribution in [-0.4, -0.2) is 5.78 Å².